The summed E-state index contributed by atoms with van der Waals surface area (Å²) in [4.78, 5) is 17.8. The Morgan fingerprint density at radius 1 is 0.967 bits per heavy atom. The van der Waals surface area contributed by atoms with Crippen LogP contribution in [0.25, 0.3) is 22.2 Å². The molecule has 5 heteroatoms. The fourth-order valence-electron chi connectivity index (χ4n) is 3.29. The number of nitrogens with zero attached hydrogens (tertiary/aromatic N) is 2. The maximum atomic E-state index is 13.0. The average Bonchev–Trinajstić information content (AvgIpc) is 3.19. The van der Waals surface area contributed by atoms with Crippen molar-refractivity contribution in [2.45, 2.75) is 27.7 Å². The normalized spacial score (nSPS) is 11.7. The second-order valence-electron chi connectivity index (χ2n) is 7.42. The van der Waals surface area contributed by atoms with Crippen LogP contribution >= 0.6 is 0 Å². The van der Waals surface area contributed by atoms with E-state index in [9.17, 15) is 4.79 Å². The smallest absolute Gasteiger partial charge is 0.272 e. The molecule has 4 aromatic rings. The molecule has 1 amide bonds. The Hall–Kier alpha value is -3.73. The first-order chi connectivity index (χ1) is 14.4. The van der Waals surface area contributed by atoms with Crippen molar-refractivity contribution in [1.82, 2.24) is 10.4 Å². The van der Waals surface area contributed by atoms with E-state index in [-0.39, 0.29) is 5.91 Å². The fraction of sp³-hybridized carbons (Fsp3) is 0.160. The topological polar surface area (TPSA) is 67.5 Å². The summed E-state index contributed by atoms with van der Waals surface area (Å²) in [6.07, 6.45) is 0. The molecule has 4 rings (SSSR count). The second-order valence-corrected chi connectivity index (χ2v) is 7.42. The summed E-state index contributed by atoms with van der Waals surface area (Å²) in [5.74, 6) is 1.13. The highest BCUT2D eigenvalue weighted by Gasteiger charge is 2.14. The number of fused-ring (bicyclic) bond motifs is 1. The lowest BCUT2D eigenvalue weighted by Gasteiger charge is -2.10. The summed E-state index contributed by atoms with van der Waals surface area (Å²) in [7, 11) is 0. The van der Waals surface area contributed by atoms with Gasteiger partial charge in [0.05, 0.1) is 16.8 Å². The number of amides is 1. The Labute approximate surface area is 175 Å². The van der Waals surface area contributed by atoms with Crippen molar-refractivity contribution in [2.24, 2.45) is 5.10 Å². The summed E-state index contributed by atoms with van der Waals surface area (Å²) in [6, 6.07) is 19.3. The van der Waals surface area contributed by atoms with Crippen molar-refractivity contribution < 1.29 is 9.21 Å². The minimum atomic E-state index is -0.290. The molecule has 30 heavy (non-hydrogen) atoms. The lowest BCUT2D eigenvalue weighted by atomic mass is 10.0. The monoisotopic (exact) mass is 397 g/mol. The number of para-hydroxylation sites is 1. The molecule has 0 bridgehead atoms. The third-order valence-electron chi connectivity index (χ3n) is 5.19. The number of hydrogen-bond acceptors (Lipinski definition) is 4. The van der Waals surface area contributed by atoms with Crippen LogP contribution in [0.1, 0.15) is 39.9 Å². The quantitative estimate of drug-likeness (QED) is 0.361. The number of aromatic nitrogens is 1. The SMILES string of the molecule is C/C(=N\NC(=O)c1cc(-c2ccc(C)c(C)c2)nc2ccccc12)c1ccc(C)o1. The Kier molecular flexibility index (Phi) is 5.19. The lowest BCUT2D eigenvalue weighted by Crippen LogP contribution is -2.20. The van der Waals surface area contributed by atoms with Crippen LogP contribution in [0.2, 0.25) is 0 Å². The molecule has 5 nitrogen and oxygen atoms in total. The molecule has 0 saturated heterocycles. The molecule has 2 aromatic heterocycles. The molecule has 2 aromatic carbocycles. The molecule has 0 aliphatic heterocycles. The molecule has 1 N–H and O–H groups in total. The van der Waals surface area contributed by atoms with Crippen molar-refractivity contribution >= 4 is 22.5 Å². The van der Waals surface area contributed by atoms with E-state index >= 15 is 0 Å². The molecule has 0 fully saturated rings. The number of nitrogens with one attached hydrogen (secondary N) is 1. The van der Waals surface area contributed by atoms with Crippen molar-refractivity contribution in [3.05, 3.63) is 88.9 Å². The van der Waals surface area contributed by atoms with Gasteiger partial charge in [-0.15, -0.1) is 0 Å². The fourth-order valence-corrected chi connectivity index (χ4v) is 3.29. The van der Waals surface area contributed by atoms with E-state index in [4.69, 9.17) is 9.40 Å². The van der Waals surface area contributed by atoms with Gasteiger partial charge in [-0.2, -0.15) is 5.10 Å². The van der Waals surface area contributed by atoms with E-state index in [0.29, 0.717) is 17.0 Å². The summed E-state index contributed by atoms with van der Waals surface area (Å²) < 4.78 is 5.56. The number of carbonyl (C=O) groups excluding carboxylic acids is 1. The van der Waals surface area contributed by atoms with Crippen LogP contribution in [0.3, 0.4) is 0 Å². The van der Waals surface area contributed by atoms with Crippen LogP contribution in [0.4, 0.5) is 0 Å². The number of carbonyl (C=O) groups is 1. The minimum Gasteiger partial charge on any atom is -0.460 e. The number of benzene rings is 2. The largest absolute Gasteiger partial charge is 0.460 e. The molecular weight excluding hydrogens is 374 g/mol. The lowest BCUT2D eigenvalue weighted by molar-refractivity contribution is 0.0956. The van der Waals surface area contributed by atoms with Crippen LogP contribution in [0.15, 0.2) is 70.2 Å². The van der Waals surface area contributed by atoms with Gasteiger partial charge in [0.25, 0.3) is 5.91 Å². The zero-order valence-corrected chi connectivity index (χ0v) is 17.5. The molecule has 0 atom stereocenters. The number of aryl methyl sites for hydroxylation is 3. The highest BCUT2D eigenvalue weighted by Crippen LogP contribution is 2.26. The predicted octanol–water partition coefficient (Wildman–Crippen LogP) is 5.57. The molecule has 0 saturated carbocycles. The van der Waals surface area contributed by atoms with E-state index in [1.54, 1.807) is 6.92 Å². The van der Waals surface area contributed by atoms with Gasteiger partial charge < -0.3 is 4.42 Å². The molecule has 0 unspecified atom stereocenters. The Bertz CT molecular complexity index is 1280. The Morgan fingerprint density at radius 2 is 1.77 bits per heavy atom. The zero-order valence-electron chi connectivity index (χ0n) is 17.5. The number of pyridine rings is 1. The average molecular weight is 397 g/mol. The van der Waals surface area contributed by atoms with Gasteiger partial charge in [0, 0.05) is 10.9 Å². The van der Waals surface area contributed by atoms with E-state index in [0.717, 1.165) is 27.9 Å². The third kappa shape index (κ3) is 3.87. The highest BCUT2D eigenvalue weighted by atomic mass is 16.3. The standard InChI is InChI=1S/C25H23N3O2/c1-15-9-11-19(13-16(15)2)23-14-21(20-7-5-6-8-22(20)26-23)25(29)28-27-18(4)24-12-10-17(3)30-24/h5-14H,1-4H3,(H,28,29)/b27-18+. The first-order valence-corrected chi connectivity index (χ1v) is 9.81. The minimum absolute atomic E-state index is 0.290. The van der Waals surface area contributed by atoms with Crippen molar-refractivity contribution in [1.29, 1.82) is 0 Å². The van der Waals surface area contributed by atoms with E-state index < -0.39 is 0 Å². The molecule has 0 spiro atoms. The highest BCUT2D eigenvalue weighted by molar-refractivity contribution is 6.08. The van der Waals surface area contributed by atoms with Gasteiger partial charge >= 0.3 is 0 Å². The van der Waals surface area contributed by atoms with Gasteiger partial charge in [-0.3, -0.25) is 4.79 Å². The summed E-state index contributed by atoms with van der Waals surface area (Å²) in [5.41, 5.74) is 8.68. The Morgan fingerprint density at radius 3 is 2.50 bits per heavy atom. The zero-order chi connectivity index (χ0) is 21.3. The summed E-state index contributed by atoms with van der Waals surface area (Å²) in [6.45, 7) is 7.81. The van der Waals surface area contributed by atoms with Gasteiger partial charge in [-0.25, -0.2) is 10.4 Å². The summed E-state index contributed by atoms with van der Waals surface area (Å²) in [5, 5.41) is 5.00. The van der Waals surface area contributed by atoms with Gasteiger partial charge in [-0.1, -0.05) is 30.3 Å². The third-order valence-corrected chi connectivity index (χ3v) is 5.19. The molecule has 2 heterocycles. The van der Waals surface area contributed by atoms with Crippen molar-refractivity contribution in [2.75, 3.05) is 0 Å². The molecule has 0 radical (unpaired) electrons. The number of rotatable bonds is 4. The number of hydrazone groups is 1. The number of furan rings is 1. The molecule has 0 aliphatic carbocycles. The van der Waals surface area contributed by atoms with Crippen LogP contribution in [-0.4, -0.2) is 16.6 Å². The van der Waals surface area contributed by atoms with Gasteiger partial charge in [0.2, 0.25) is 0 Å². The van der Waals surface area contributed by atoms with E-state index in [1.165, 1.54) is 11.1 Å². The van der Waals surface area contributed by atoms with Crippen LogP contribution in [-0.2, 0) is 0 Å². The van der Waals surface area contributed by atoms with Crippen molar-refractivity contribution in [3.8, 4) is 11.3 Å². The van der Waals surface area contributed by atoms with E-state index in [2.05, 4.69) is 36.5 Å². The Balaban J connectivity index is 1.73. The van der Waals surface area contributed by atoms with Gasteiger partial charge in [-0.05, 0) is 69.2 Å². The van der Waals surface area contributed by atoms with Gasteiger partial charge in [0.1, 0.15) is 17.2 Å². The first-order valence-electron chi connectivity index (χ1n) is 9.81. The first kappa shape index (κ1) is 19.6. The van der Waals surface area contributed by atoms with Crippen molar-refractivity contribution in [3.63, 3.8) is 0 Å². The molecule has 150 valence electrons. The molecular formula is C25H23N3O2. The number of hydrogen-bond donors (Lipinski definition) is 1. The maximum Gasteiger partial charge on any atom is 0.272 e. The maximum absolute atomic E-state index is 13.0. The predicted molar refractivity (Wildman–Crippen MR) is 120 cm³/mol. The van der Waals surface area contributed by atoms with Crippen LogP contribution < -0.4 is 5.43 Å². The molecule has 0 aliphatic rings. The second kappa shape index (κ2) is 7.95. The van der Waals surface area contributed by atoms with E-state index in [1.807, 2.05) is 55.5 Å². The van der Waals surface area contributed by atoms with Gasteiger partial charge in [0.15, 0.2) is 0 Å². The van der Waals surface area contributed by atoms with Crippen LogP contribution in [0, 0.1) is 20.8 Å². The summed E-state index contributed by atoms with van der Waals surface area (Å²) >= 11 is 0. The van der Waals surface area contributed by atoms with Crippen LogP contribution in [0.5, 0.6) is 0 Å².